The zero-order valence-corrected chi connectivity index (χ0v) is 11.7. The van der Waals surface area contributed by atoms with Crippen molar-refractivity contribution in [2.75, 3.05) is 6.54 Å². The number of nitrogens with one attached hydrogen (secondary N) is 1. The van der Waals surface area contributed by atoms with Crippen molar-refractivity contribution in [1.82, 2.24) is 5.32 Å². The van der Waals surface area contributed by atoms with E-state index in [1.165, 1.54) is 16.7 Å². The van der Waals surface area contributed by atoms with E-state index in [0.717, 1.165) is 13.0 Å². The second-order valence-electron chi connectivity index (χ2n) is 5.01. The van der Waals surface area contributed by atoms with Gasteiger partial charge in [0.1, 0.15) is 5.75 Å². The van der Waals surface area contributed by atoms with Gasteiger partial charge in [-0.2, -0.15) is 0 Å². The summed E-state index contributed by atoms with van der Waals surface area (Å²) >= 11 is 0. The van der Waals surface area contributed by atoms with E-state index in [4.69, 9.17) is 0 Å². The van der Waals surface area contributed by atoms with Crippen LogP contribution in [0.4, 0.5) is 0 Å². The molecule has 0 bridgehead atoms. The summed E-state index contributed by atoms with van der Waals surface area (Å²) < 4.78 is 0. The van der Waals surface area contributed by atoms with Gasteiger partial charge >= 0.3 is 0 Å². The summed E-state index contributed by atoms with van der Waals surface area (Å²) in [4.78, 5) is 0. The van der Waals surface area contributed by atoms with Gasteiger partial charge in [-0.15, -0.1) is 12.4 Å². The Labute approximate surface area is 119 Å². The van der Waals surface area contributed by atoms with Crippen LogP contribution in [0.15, 0.2) is 48.5 Å². The molecule has 2 aromatic rings. The monoisotopic (exact) mass is 275 g/mol. The minimum Gasteiger partial charge on any atom is -0.508 e. The molecule has 0 radical (unpaired) electrons. The molecule has 1 unspecified atom stereocenters. The third-order valence-electron chi connectivity index (χ3n) is 3.85. The molecule has 2 nitrogen and oxygen atoms in total. The van der Waals surface area contributed by atoms with Crippen molar-refractivity contribution in [3.63, 3.8) is 0 Å². The maximum Gasteiger partial charge on any atom is 0.115 e. The second kappa shape index (κ2) is 5.24. The normalized spacial score (nSPS) is 21.3. The van der Waals surface area contributed by atoms with Gasteiger partial charge in [0.2, 0.25) is 0 Å². The van der Waals surface area contributed by atoms with Gasteiger partial charge in [-0.25, -0.2) is 0 Å². The Morgan fingerprint density at radius 2 is 1.84 bits per heavy atom. The molecule has 0 saturated carbocycles. The third-order valence-corrected chi connectivity index (χ3v) is 3.85. The highest BCUT2D eigenvalue weighted by atomic mass is 35.5. The number of aromatic hydroxyl groups is 1. The van der Waals surface area contributed by atoms with E-state index in [1.54, 1.807) is 6.07 Å². The van der Waals surface area contributed by atoms with Crippen LogP contribution in [0.25, 0.3) is 0 Å². The van der Waals surface area contributed by atoms with Crippen LogP contribution in [0.5, 0.6) is 5.75 Å². The molecule has 3 heteroatoms. The summed E-state index contributed by atoms with van der Waals surface area (Å²) in [7, 11) is 0. The van der Waals surface area contributed by atoms with Gasteiger partial charge in [0.25, 0.3) is 0 Å². The van der Waals surface area contributed by atoms with Gasteiger partial charge in [0.15, 0.2) is 0 Å². The van der Waals surface area contributed by atoms with E-state index >= 15 is 0 Å². The van der Waals surface area contributed by atoms with Gasteiger partial charge in [-0.05, 0) is 42.2 Å². The molecule has 2 aromatic carbocycles. The fraction of sp³-hybridized carbons (Fsp3) is 0.250. The fourth-order valence-electron chi connectivity index (χ4n) is 2.85. The lowest BCUT2D eigenvalue weighted by Gasteiger charge is -2.38. The lowest BCUT2D eigenvalue weighted by Crippen LogP contribution is -2.45. The van der Waals surface area contributed by atoms with Crippen LogP contribution in [0.1, 0.15) is 23.6 Å². The van der Waals surface area contributed by atoms with E-state index in [9.17, 15) is 5.11 Å². The average molecular weight is 276 g/mol. The number of phenolic OH excluding ortho intramolecular Hbond substituents is 1. The summed E-state index contributed by atoms with van der Waals surface area (Å²) in [5.41, 5.74) is 3.59. The Morgan fingerprint density at radius 3 is 2.58 bits per heavy atom. The van der Waals surface area contributed by atoms with E-state index in [2.05, 4.69) is 36.5 Å². The van der Waals surface area contributed by atoms with Crippen LogP contribution < -0.4 is 5.32 Å². The van der Waals surface area contributed by atoms with Crippen molar-refractivity contribution in [1.29, 1.82) is 0 Å². The first kappa shape index (κ1) is 13.9. The molecule has 1 aliphatic heterocycles. The average Bonchev–Trinajstić information content (AvgIpc) is 2.40. The summed E-state index contributed by atoms with van der Waals surface area (Å²) in [6.45, 7) is 3.14. The largest absolute Gasteiger partial charge is 0.508 e. The first-order valence-corrected chi connectivity index (χ1v) is 6.33. The van der Waals surface area contributed by atoms with Crippen molar-refractivity contribution in [3.8, 4) is 5.75 Å². The molecule has 0 amide bonds. The molecule has 0 spiro atoms. The van der Waals surface area contributed by atoms with Crippen molar-refractivity contribution in [3.05, 3.63) is 65.2 Å². The maximum atomic E-state index is 9.61. The molecule has 0 aliphatic carbocycles. The highest BCUT2D eigenvalue weighted by Crippen LogP contribution is 2.35. The summed E-state index contributed by atoms with van der Waals surface area (Å²) in [5.74, 6) is 0.353. The lowest BCUT2D eigenvalue weighted by molar-refractivity contribution is 0.411. The van der Waals surface area contributed by atoms with E-state index in [1.807, 2.05) is 18.2 Å². The Bertz CT molecular complexity index is 570. The minimum atomic E-state index is -0.164. The van der Waals surface area contributed by atoms with Crippen LogP contribution >= 0.6 is 12.4 Å². The van der Waals surface area contributed by atoms with Crippen LogP contribution in [-0.4, -0.2) is 11.7 Å². The molecule has 1 aliphatic rings. The molecule has 1 heterocycles. The molecule has 0 aromatic heterocycles. The van der Waals surface area contributed by atoms with Gasteiger partial charge in [0, 0.05) is 6.54 Å². The molecule has 2 N–H and O–H groups in total. The maximum absolute atomic E-state index is 9.61. The molecule has 0 fully saturated rings. The lowest BCUT2D eigenvalue weighted by atomic mass is 9.79. The van der Waals surface area contributed by atoms with E-state index < -0.39 is 0 Å². The number of halogens is 1. The second-order valence-corrected chi connectivity index (χ2v) is 5.01. The standard InChI is InChI=1S/C16H17NO.ClH/c1-16(13-5-3-2-4-6-13)15-8-7-14(18)11-12(15)9-10-17-16;/h2-8,11,17-18H,9-10H2,1H3;1H. The number of benzene rings is 2. The van der Waals surface area contributed by atoms with Crippen LogP contribution in [-0.2, 0) is 12.0 Å². The van der Waals surface area contributed by atoms with E-state index in [0.29, 0.717) is 5.75 Å². The number of hydrogen-bond acceptors (Lipinski definition) is 2. The Balaban J connectivity index is 0.00000133. The molecule has 0 saturated heterocycles. The predicted octanol–water partition coefficient (Wildman–Crippen LogP) is 3.22. The predicted molar refractivity (Wildman–Crippen MR) is 80.0 cm³/mol. The molecule has 1 atom stereocenters. The van der Waals surface area contributed by atoms with Crippen LogP contribution in [0.2, 0.25) is 0 Å². The molecular weight excluding hydrogens is 258 g/mol. The van der Waals surface area contributed by atoms with Crippen molar-refractivity contribution in [2.45, 2.75) is 18.9 Å². The zero-order valence-electron chi connectivity index (χ0n) is 10.9. The molecular formula is C16H18ClNO. The zero-order chi connectivity index (χ0) is 12.6. The van der Waals surface area contributed by atoms with Crippen molar-refractivity contribution < 1.29 is 5.11 Å². The molecule has 100 valence electrons. The van der Waals surface area contributed by atoms with Crippen molar-refractivity contribution >= 4 is 12.4 Å². The first-order valence-electron chi connectivity index (χ1n) is 6.33. The van der Waals surface area contributed by atoms with E-state index in [-0.39, 0.29) is 17.9 Å². The third kappa shape index (κ3) is 2.34. The Hall–Kier alpha value is -1.51. The van der Waals surface area contributed by atoms with Gasteiger partial charge in [-0.3, -0.25) is 0 Å². The Morgan fingerprint density at radius 1 is 1.11 bits per heavy atom. The van der Waals surface area contributed by atoms with Crippen molar-refractivity contribution in [2.24, 2.45) is 0 Å². The summed E-state index contributed by atoms with van der Waals surface area (Å²) in [5, 5.41) is 13.2. The number of fused-ring (bicyclic) bond motifs is 1. The fourth-order valence-corrected chi connectivity index (χ4v) is 2.85. The van der Waals surface area contributed by atoms with Gasteiger partial charge < -0.3 is 10.4 Å². The minimum absolute atomic E-state index is 0. The SMILES string of the molecule is CC1(c2ccccc2)NCCc2cc(O)ccc21.Cl. The summed E-state index contributed by atoms with van der Waals surface area (Å²) in [6.07, 6.45) is 0.964. The topological polar surface area (TPSA) is 32.3 Å². The van der Waals surface area contributed by atoms with Gasteiger partial charge in [0.05, 0.1) is 5.54 Å². The first-order chi connectivity index (χ1) is 8.70. The highest BCUT2D eigenvalue weighted by Gasteiger charge is 2.33. The number of hydrogen-bond donors (Lipinski definition) is 2. The van der Waals surface area contributed by atoms with Crippen LogP contribution in [0, 0.1) is 0 Å². The van der Waals surface area contributed by atoms with Crippen LogP contribution in [0.3, 0.4) is 0 Å². The number of phenols is 1. The number of rotatable bonds is 1. The molecule has 3 rings (SSSR count). The smallest absolute Gasteiger partial charge is 0.115 e. The quantitative estimate of drug-likeness (QED) is 0.838. The molecule has 19 heavy (non-hydrogen) atoms. The van der Waals surface area contributed by atoms with Gasteiger partial charge in [-0.1, -0.05) is 36.4 Å². The summed E-state index contributed by atoms with van der Waals surface area (Å²) in [6, 6.07) is 16.2. The Kier molecular flexibility index (Phi) is 3.83. The highest BCUT2D eigenvalue weighted by molar-refractivity contribution is 5.85.